The lowest BCUT2D eigenvalue weighted by Crippen LogP contribution is -2.52. The standard InChI is InChI=1S/C15H30N2/c1-4-9-17(11-13-6-7-13)15-10-12(2)5-8-14(15)16-3/h12-16H,4-11H2,1-3H3. The highest BCUT2D eigenvalue weighted by Crippen LogP contribution is 2.33. The van der Waals surface area contributed by atoms with E-state index in [0.29, 0.717) is 0 Å². The molecule has 3 unspecified atom stereocenters. The molecular formula is C15H30N2. The maximum absolute atomic E-state index is 3.57. The molecule has 0 saturated heterocycles. The molecule has 100 valence electrons. The monoisotopic (exact) mass is 238 g/mol. The molecule has 2 saturated carbocycles. The summed E-state index contributed by atoms with van der Waals surface area (Å²) in [5, 5.41) is 3.57. The van der Waals surface area contributed by atoms with Gasteiger partial charge in [-0.05, 0) is 64.0 Å². The Labute approximate surface area is 107 Å². The molecule has 0 aromatic heterocycles. The van der Waals surface area contributed by atoms with Gasteiger partial charge in [0.15, 0.2) is 0 Å². The maximum Gasteiger partial charge on any atom is 0.0251 e. The van der Waals surface area contributed by atoms with Crippen LogP contribution in [-0.4, -0.2) is 37.1 Å². The average Bonchev–Trinajstić information content (AvgIpc) is 3.12. The van der Waals surface area contributed by atoms with Crippen LogP contribution in [0.25, 0.3) is 0 Å². The summed E-state index contributed by atoms with van der Waals surface area (Å²) < 4.78 is 0. The zero-order valence-electron chi connectivity index (χ0n) is 11.9. The van der Waals surface area contributed by atoms with Gasteiger partial charge in [0, 0.05) is 18.6 Å². The van der Waals surface area contributed by atoms with Gasteiger partial charge in [-0.15, -0.1) is 0 Å². The van der Waals surface area contributed by atoms with Crippen molar-refractivity contribution < 1.29 is 0 Å². The molecule has 2 aliphatic carbocycles. The minimum absolute atomic E-state index is 0.733. The van der Waals surface area contributed by atoms with Crippen molar-refractivity contribution in [1.82, 2.24) is 10.2 Å². The van der Waals surface area contributed by atoms with Crippen LogP contribution in [0.5, 0.6) is 0 Å². The topological polar surface area (TPSA) is 15.3 Å². The molecule has 1 N–H and O–H groups in total. The van der Waals surface area contributed by atoms with E-state index in [0.717, 1.165) is 23.9 Å². The van der Waals surface area contributed by atoms with Crippen molar-refractivity contribution in [2.75, 3.05) is 20.1 Å². The van der Waals surface area contributed by atoms with E-state index in [9.17, 15) is 0 Å². The van der Waals surface area contributed by atoms with Crippen LogP contribution in [0.1, 0.15) is 52.4 Å². The van der Waals surface area contributed by atoms with Crippen LogP contribution in [0.3, 0.4) is 0 Å². The molecule has 0 aliphatic heterocycles. The van der Waals surface area contributed by atoms with Crippen LogP contribution in [0.15, 0.2) is 0 Å². The summed E-state index contributed by atoms with van der Waals surface area (Å²) in [6.45, 7) is 7.41. The van der Waals surface area contributed by atoms with Crippen molar-refractivity contribution in [2.45, 2.75) is 64.5 Å². The lowest BCUT2D eigenvalue weighted by molar-refractivity contribution is 0.0993. The Hall–Kier alpha value is -0.0800. The molecule has 17 heavy (non-hydrogen) atoms. The van der Waals surface area contributed by atoms with E-state index in [1.54, 1.807) is 0 Å². The molecule has 0 radical (unpaired) electrons. The Morgan fingerprint density at radius 1 is 1.18 bits per heavy atom. The first kappa shape index (κ1) is 13.4. The Bertz CT molecular complexity index is 225. The van der Waals surface area contributed by atoms with Gasteiger partial charge in [-0.3, -0.25) is 4.90 Å². The Morgan fingerprint density at radius 2 is 1.94 bits per heavy atom. The smallest absolute Gasteiger partial charge is 0.0251 e. The summed E-state index contributed by atoms with van der Waals surface area (Å²) >= 11 is 0. The minimum atomic E-state index is 0.733. The molecule has 0 spiro atoms. The summed E-state index contributed by atoms with van der Waals surface area (Å²) in [5.41, 5.74) is 0. The van der Waals surface area contributed by atoms with Gasteiger partial charge in [0.1, 0.15) is 0 Å². The number of nitrogens with zero attached hydrogens (tertiary/aromatic N) is 1. The maximum atomic E-state index is 3.57. The van der Waals surface area contributed by atoms with Crippen LogP contribution < -0.4 is 5.32 Å². The molecule has 0 aromatic carbocycles. The predicted molar refractivity (Wildman–Crippen MR) is 74.2 cm³/mol. The van der Waals surface area contributed by atoms with Crippen LogP contribution in [0, 0.1) is 11.8 Å². The van der Waals surface area contributed by atoms with Crippen molar-refractivity contribution in [2.24, 2.45) is 11.8 Å². The fourth-order valence-corrected chi connectivity index (χ4v) is 3.40. The van der Waals surface area contributed by atoms with E-state index >= 15 is 0 Å². The first-order valence-corrected chi connectivity index (χ1v) is 7.65. The normalized spacial score (nSPS) is 34.2. The van der Waals surface area contributed by atoms with E-state index in [4.69, 9.17) is 0 Å². The van der Waals surface area contributed by atoms with Crippen LogP contribution in [-0.2, 0) is 0 Å². The average molecular weight is 238 g/mol. The van der Waals surface area contributed by atoms with E-state index in [2.05, 4.69) is 31.1 Å². The summed E-state index contributed by atoms with van der Waals surface area (Å²) in [6, 6.07) is 1.53. The molecule has 0 heterocycles. The zero-order valence-corrected chi connectivity index (χ0v) is 11.9. The molecule has 3 atom stereocenters. The first-order valence-electron chi connectivity index (χ1n) is 7.65. The van der Waals surface area contributed by atoms with Crippen LogP contribution in [0.4, 0.5) is 0 Å². The van der Waals surface area contributed by atoms with Crippen LogP contribution in [0.2, 0.25) is 0 Å². The number of nitrogens with one attached hydrogen (secondary N) is 1. The number of rotatable bonds is 6. The third-order valence-electron chi connectivity index (χ3n) is 4.62. The SMILES string of the molecule is CCCN(CC1CC1)C1CC(C)CCC1NC. The summed E-state index contributed by atoms with van der Waals surface area (Å²) in [4.78, 5) is 2.80. The molecule has 0 aromatic rings. The minimum Gasteiger partial charge on any atom is -0.315 e. The largest absolute Gasteiger partial charge is 0.315 e. The Balaban J connectivity index is 1.96. The third kappa shape index (κ3) is 3.69. The van der Waals surface area contributed by atoms with E-state index in [1.807, 2.05) is 0 Å². The van der Waals surface area contributed by atoms with Gasteiger partial charge in [0.2, 0.25) is 0 Å². The summed E-state index contributed by atoms with van der Waals surface area (Å²) in [7, 11) is 2.15. The van der Waals surface area contributed by atoms with Crippen LogP contribution >= 0.6 is 0 Å². The highest BCUT2D eigenvalue weighted by molar-refractivity contribution is 4.91. The van der Waals surface area contributed by atoms with Gasteiger partial charge in [0.25, 0.3) is 0 Å². The van der Waals surface area contributed by atoms with Gasteiger partial charge in [0.05, 0.1) is 0 Å². The molecule has 2 nitrogen and oxygen atoms in total. The van der Waals surface area contributed by atoms with Gasteiger partial charge < -0.3 is 5.32 Å². The molecule has 2 heteroatoms. The molecule has 2 rings (SSSR count). The fraction of sp³-hybridized carbons (Fsp3) is 1.00. The lowest BCUT2D eigenvalue weighted by atomic mass is 9.82. The van der Waals surface area contributed by atoms with Gasteiger partial charge in [-0.1, -0.05) is 13.8 Å². The molecule has 2 aliphatic rings. The summed E-state index contributed by atoms with van der Waals surface area (Å²) in [6.07, 6.45) is 8.43. The third-order valence-corrected chi connectivity index (χ3v) is 4.62. The van der Waals surface area contributed by atoms with E-state index in [1.165, 1.54) is 51.6 Å². The second-order valence-corrected chi connectivity index (χ2v) is 6.32. The lowest BCUT2D eigenvalue weighted by Gasteiger charge is -2.42. The van der Waals surface area contributed by atoms with Gasteiger partial charge in [-0.2, -0.15) is 0 Å². The van der Waals surface area contributed by atoms with Gasteiger partial charge in [-0.25, -0.2) is 0 Å². The Kier molecular flexibility index (Phi) is 4.87. The van der Waals surface area contributed by atoms with Crippen molar-refractivity contribution in [3.05, 3.63) is 0 Å². The molecular weight excluding hydrogens is 208 g/mol. The van der Waals surface area contributed by atoms with E-state index in [-0.39, 0.29) is 0 Å². The van der Waals surface area contributed by atoms with Crippen molar-refractivity contribution in [1.29, 1.82) is 0 Å². The molecule has 2 fully saturated rings. The van der Waals surface area contributed by atoms with Crippen molar-refractivity contribution in [3.8, 4) is 0 Å². The number of hydrogen-bond acceptors (Lipinski definition) is 2. The second kappa shape index (κ2) is 6.19. The summed E-state index contributed by atoms with van der Waals surface area (Å²) in [5.74, 6) is 1.94. The van der Waals surface area contributed by atoms with Crippen molar-refractivity contribution >= 4 is 0 Å². The fourth-order valence-electron chi connectivity index (χ4n) is 3.40. The molecule has 0 amide bonds. The molecule has 0 bridgehead atoms. The zero-order chi connectivity index (χ0) is 12.3. The number of likely N-dealkylation sites (N-methyl/N-ethyl adjacent to an activating group) is 1. The number of hydrogen-bond donors (Lipinski definition) is 1. The quantitative estimate of drug-likeness (QED) is 0.765. The van der Waals surface area contributed by atoms with Crippen molar-refractivity contribution in [3.63, 3.8) is 0 Å². The highest BCUT2D eigenvalue weighted by Gasteiger charge is 2.34. The first-order chi connectivity index (χ1) is 8.24. The predicted octanol–water partition coefficient (Wildman–Crippen LogP) is 2.89. The highest BCUT2D eigenvalue weighted by atomic mass is 15.2. The van der Waals surface area contributed by atoms with Gasteiger partial charge >= 0.3 is 0 Å². The van der Waals surface area contributed by atoms with E-state index < -0.39 is 0 Å². The second-order valence-electron chi connectivity index (χ2n) is 6.32. The Morgan fingerprint density at radius 3 is 2.53 bits per heavy atom.